The van der Waals surface area contributed by atoms with Crippen LogP contribution in [0.1, 0.15) is 59.1 Å². The van der Waals surface area contributed by atoms with Crippen LogP contribution in [0, 0.1) is 0 Å². The molecule has 2 rings (SSSR count). The van der Waals surface area contributed by atoms with Crippen molar-refractivity contribution in [2.24, 2.45) is 0 Å². The van der Waals surface area contributed by atoms with E-state index in [-0.39, 0.29) is 11.3 Å². The van der Waals surface area contributed by atoms with Crippen LogP contribution in [-0.4, -0.2) is 15.7 Å². The maximum atomic E-state index is 12.2. The van der Waals surface area contributed by atoms with Gasteiger partial charge in [-0.3, -0.25) is 4.79 Å². The molecule has 0 aliphatic heterocycles. The summed E-state index contributed by atoms with van der Waals surface area (Å²) >= 11 is 3.45. The number of hydrogen-bond donors (Lipinski definition) is 1. The van der Waals surface area contributed by atoms with Crippen molar-refractivity contribution in [2.75, 3.05) is 5.32 Å². The van der Waals surface area contributed by atoms with Crippen molar-refractivity contribution in [3.8, 4) is 5.69 Å². The average Bonchev–Trinajstić information content (AvgIpc) is 2.92. The Morgan fingerprint density at radius 2 is 1.88 bits per heavy atom. The Balaban J connectivity index is 2.29. The summed E-state index contributed by atoms with van der Waals surface area (Å²) in [5.41, 5.74) is 1.80. The molecule has 1 N–H and O–H groups in total. The van der Waals surface area contributed by atoms with Crippen molar-refractivity contribution in [1.29, 1.82) is 0 Å². The van der Waals surface area contributed by atoms with Crippen molar-refractivity contribution in [3.63, 3.8) is 0 Å². The summed E-state index contributed by atoms with van der Waals surface area (Å²) in [6.45, 7) is 8.49. The van der Waals surface area contributed by atoms with Crippen LogP contribution in [0.4, 0.5) is 5.82 Å². The first-order valence-electron chi connectivity index (χ1n) is 8.47. The lowest BCUT2D eigenvalue weighted by atomic mass is 9.92. The Bertz CT molecular complexity index is 684. The molecule has 4 nitrogen and oxygen atoms in total. The second-order valence-electron chi connectivity index (χ2n) is 7.06. The minimum atomic E-state index is -0.0810. The van der Waals surface area contributed by atoms with Gasteiger partial charge in [-0.15, -0.1) is 0 Å². The Morgan fingerprint density at radius 1 is 1.21 bits per heavy atom. The topological polar surface area (TPSA) is 46.9 Å². The van der Waals surface area contributed by atoms with E-state index in [4.69, 9.17) is 5.10 Å². The van der Waals surface area contributed by atoms with E-state index in [1.165, 1.54) is 0 Å². The van der Waals surface area contributed by atoms with Crippen molar-refractivity contribution in [1.82, 2.24) is 9.78 Å². The van der Waals surface area contributed by atoms with Gasteiger partial charge in [-0.2, -0.15) is 5.10 Å². The Labute approximate surface area is 152 Å². The third-order valence-electron chi connectivity index (χ3n) is 3.82. The van der Waals surface area contributed by atoms with E-state index in [0.29, 0.717) is 6.42 Å². The van der Waals surface area contributed by atoms with Gasteiger partial charge in [0.05, 0.1) is 11.4 Å². The number of unbranched alkanes of at least 4 members (excludes halogenated alkanes) is 2. The lowest BCUT2D eigenvalue weighted by Crippen LogP contribution is -2.14. The molecule has 0 aliphatic carbocycles. The van der Waals surface area contributed by atoms with E-state index in [0.717, 1.165) is 40.9 Å². The fourth-order valence-corrected chi connectivity index (χ4v) is 2.62. The van der Waals surface area contributed by atoms with Gasteiger partial charge in [-0.1, -0.05) is 56.5 Å². The fourth-order valence-electron chi connectivity index (χ4n) is 2.36. The van der Waals surface area contributed by atoms with E-state index < -0.39 is 0 Å². The summed E-state index contributed by atoms with van der Waals surface area (Å²) in [6.07, 6.45) is 3.65. The first-order valence-corrected chi connectivity index (χ1v) is 9.27. The summed E-state index contributed by atoms with van der Waals surface area (Å²) in [5, 5.41) is 7.74. The van der Waals surface area contributed by atoms with E-state index in [1.807, 2.05) is 35.0 Å². The molecular weight excluding hydrogens is 366 g/mol. The number of rotatable bonds is 6. The van der Waals surface area contributed by atoms with Crippen LogP contribution in [-0.2, 0) is 10.2 Å². The van der Waals surface area contributed by atoms with Crippen molar-refractivity contribution in [2.45, 2.75) is 58.8 Å². The highest BCUT2D eigenvalue weighted by molar-refractivity contribution is 9.10. The lowest BCUT2D eigenvalue weighted by molar-refractivity contribution is -0.116. The number of carbonyl (C=O) groups is 1. The van der Waals surface area contributed by atoms with Gasteiger partial charge in [0.2, 0.25) is 5.91 Å². The first-order chi connectivity index (χ1) is 11.3. The molecule has 0 saturated carbocycles. The second-order valence-corrected chi connectivity index (χ2v) is 7.97. The molecule has 130 valence electrons. The molecule has 0 spiro atoms. The fraction of sp³-hybridized carbons (Fsp3) is 0.474. The normalized spacial score (nSPS) is 11.5. The van der Waals surface area contributed by atoms with Crippen molar-refractivity contribution < 1.29 is 4.79 Å². The molecule has 5 heteroatoms. The van der Waals surface area contributed by atoms with Crippen LogP contribution in [0.25, 0.3) is 5.69 Å². The zero-order chi connectivity index (χ0) is 17.7. The summed E-state index contributed by atoms with van der Waals surface area (Å²) in [7, 11) is 0. The quantitative estimate of drug-likeness (QED) is 0.665. The summed E-state index contributed by atoms with van der Waals surface area (Å²) in [4.78, 5) is 12.2. The molecule has 0 saturated heterocycles. The Kier molecular flexibility index (Phi) is 6.21. The van der Waals surface area contributed by atoms with Gasteiger partial charge in [0.25, 0.3) is 0 Å². The molecule has 0 aliphatic rings. The van der Waals surface area contributed by atoms with Crippen molar-refractivity contribution >= 4 is 27.7 Å². The number of benzene rings is 1. The van der Waals surface area contributed by atoms with Crippen LogP contribution in [0.15, 0.2) is 34.8 Å². The predicted octanol–water partition coefficient (Wildman–Crippen LogP) is 5.45. The minimum absolute atomic E-state index is 0.0437. The highest BCUT2D eigenvalue weighted by Crippen LogP contribution is 2.27. The molecule has 0 radical (unpaired) electrons. The van der Waals surface area contributed by atoms with Gasteiger partial charge in [-0.05, 0) is 30.7 Å². The molecule has 1 aromatic carbocycles. The number of hydrogen-bond acceptors (Lipinski definition) is 2. The van der Waals surface area contributed by atoms with Crippen LogP contribution in [0.5, 0.6) is 0 Å². The molecule has 2 aromatic rings. The third-order valence-corrected chi connectivity index (χ3v) is 4.35. The molecule has 1 heterocycles. The Hall–Kier alpha value is -1.62. The smallest absolute Gasteiger partial charge is 0.225 e. The summed E-state index contributed by atoms with van der Waals surface area (Å²) in [6, 6.07) is 9.88. The van der Waals surface area contributed by atoms with Crippen LogP contribution in [0.3, 0.4) is 0 Å². The molecule has 0 fully saturated rings. The first kappa shape index (κ1) is 18.7. The molecular formula is C19H26BrN3O. The zero-order valence-corrected chi connectivity index (χ0v) is 16.5. The lowest BCUT2D eigenvalue weighted by Gasteiger charge is -2.14. The number of aromatic nitrogens is 2. The number of nitrogens with one attached hydrogen (secondary N) is 1. The van der Waals surface area contributed by atoms with Crippen molar-refractivity contribution in [3.05, 3.63) is 40.5 Å². The van der Waals surface area contributed by atoms with Gasteiger partial charge in [0, 0.05) is 22.4 Å². The van der Waals surface area contributed by atoms with E-state index in [2.05, 4.69) is 48.9 Å². The molecule has 1 amide bonds. The molecule has 1 aromatic heterocycles. The van der Waals surface area contributed by atoms with Gasteiger partial charge in [-0.25, -0.2) is 4.68 Å². The third kappa shape index (κ3) is 4.94. The standard InChI is InChI=1S/C19H26BrN3O/c1-5-6-7-8-18(24)21-17-13-16(19(2,3)4)22-23(17)15-11-9-14(20)10-12-15/h9-13H,5-8H2,1-4H3,(H,21,24). The summed E-state index contributed by atoms with van der Waals surface area (Å²) in [5.74, 6) is 0.769. The second kappa shape index (κ2) is 7.97. The van der Waals surface area contributed by atoms with E-state index in [1.54, 1.807) is 0 Å². The predicted molar refractivity (Wildman–Crippen MR) is 103 cm³/mol. The number of amides is 1. The Morgan fingerprint density at radius 3 is 2.46 bits per heavy atom. The monoisotopic (exact) mass is 391 g/mol. The number of carbonyl (C=O) groups excluding carboxylic acids is 1. The highest BCUT2D eigenvalue weighted by atomic mass is 79.9. The van der Waals surface area contributed by atoms with Crippen LogP contribution >= 0.6 is 15.9 Å². The molecule has 0 unspecified atom stereocenters. The number of anilines is 1. The van der Waals surface area contributed by atoms with Crippen LogP contribution < -0.4 is 5.32 Å². The largest absolute Gasteiger partial charge is 0.311 e. The van der Waals surface area contributed by atoms with Gasteiger partial charge in [0.1, 0.15) is 5.82 Å². The molecule has 0 bridgehead atoms. The summed E-state index contributed by atoms with van der Waals surface area (Å²) < 4.78 is 2.82. The maximum absolute atomic E-state index is 12.2. The SMILES string of the molecule is CCCCCC(=O)Nc1cc(C(C)(C)C)nn1-c1ccc(Br)cc1. The maximum Gasteiger partial charge on any atom is 0.225 e. The number of halogens is 1. The van der Waals surface area contributed by atoms with Gasteiger partial charge < -0.3 is 5.32 Å². The van der Waals surface area contributed by atoms with Crippen LogP contribution in [0.2, 0.25) is 0 Å². The minimum Gasteiger partial charge on any atom is -0.311 e. The number of nitrogens with zero attached hydrogens (tertiary/aromatic N) is 2. The molecule has 24 heavy (non-hydrogen) atoms. The van der Waals surface area contributed by atoms with E-state index in [9.17, 15) is 4.79 Å². The highest BCUT2D eigenvalue weighted by Gasteiger charge is 2.21. The molecule has 0 atom stereocenters. The average molecular weight is 392 g/mol. The van der Waals surface area contributed by atoms with Gasteiger partial charge in [0.15, 0.2) is 0 Å². The van der Waals surface area contributed by atoms with Gasteiger partial charge >= 0.3 is 0 Å². The van der Waals surface area contributed by atoms with E-state index >= 15 is 0 Å². The zero-order valence-electron chi connectivity index (χ0n) is 14.9.